The highest BCUT2D eigenvalue weighted by molar-refractivity contribution is 5.91. The molecule has 27 heavy (non-hydrogen) atoms. The van der Waals surface area contributed by atoms with Gasteiger partial charge in [0.25, 0.3) is 11.5 Å². The normalized spacial score (nSPS) is 11.9. The average Bonchev–Trinajstić information content (AvgIpc) is 3.16. The summed E-state index contributed by atoms with van der Waals surface area (Å²) in [6.45, 7) is 4.93. The Morgan fingerprint density at radius 3 is 2.52 bits per heavy atom. The highest BCUT2D eigenvalue weighted by atomic mass is 16.4. The molecule has 0 saturated carbocycles. The molecule has 0 aliphatic heterocycles. The van der Waals surface area contributed by atoms with Crippen LogP contribution in [0.5, 0.6) is 0 Å². The van der Waals surface area contributed by atoms with Crippen LogP contribution < -0.4 is 5.56 Å². The van der Waals surface area contributed by atoms with Crippen LogP contribution >= 0.6 is 0 Å². The summed E-state index contributed by atoms with van der Waals surface area (Å²) in [7, 11) is 0. The highest BCUT2D eigenvalue weighted by Gasteiger charge is 2.23. The Labute approximate surface area is 158 Å². The van der Waals surface area contributed by atoms with Gasteiger partial charge in [-0.1, -0.05) is 43.3 Å². The number of hydrogen-bond donors (Lipinski definition) is 0. The Morgan fingerprint density at radius 1 is 1.07 bits per heavy atom. The molecule has 1 amide bonds. The second kappa shape index (κ2) is 8.54. The Kier molecular flexibility index (Phi) is 5.91. The number of hydrogen-bond acceptors (Lipinski definition) is 3. The first-order chi connectivity index (χ1) is 13.1. The molecule has 2 aromatic heterocycles. The number of nitrogens with zero attached hydrogens (tertiary/aromatic N) is 2. The summed E-state index contributed by atoms with van der Waals surface area (Å²) < 4.78 is 7.31. The quantitative estimate of drug-likeness (QED) is 0.638. The highest BCUT2D eigenvalue weighted by Crippen LogP contribution is 2.17. The molecule has 0 fully saturated rings. The van der Waals surface area contributed by atoms with Crippen molar-refractivity contribution in [1.29, 1.82) is 0 Å². The van der Waals surface area contributed by atoms with E-state index in [-0.39, 0.29) is 17.5 Å². The second-order valence-electron chi connectivity index (χ2n) is 6.61. The van der Waals surface area contributed by atoms with Gasteiger partial charge in [-0.15, -0.1) is 0 Å². The van der Waals surface area contributed by atoms with Gasteiger partial charge in [-0.2, -0.15) is 0 Å². The van der Waals surface area contributed by atoms with Crippen molar-refractivity contribution in [1.82, 2.24) is 9.47 Å². The molecule has 0 spiro atoms. The van der Waals surface area contributed by atoms with Crippen LogP contribution in [0, 0.1) is 0 Å². The fourth-order valence-corrected chi connectivity index (χ4v) is 2.91. The van der Waals surface area contributed by atoms with Crippen LogP contribution in [0.2, 0.25) is 0 Å². The lowest BCUT2D eigenvalue weighted by molar-refractivity contribution is 0.0636. The summed E-state index contributed by atoms with van der Waals surface area (Å²) in [5.41, 5.74) is 0.973. The largest absolute Gasteiger partial charge is 0.454 e. The zero-order valence-corrected chi connectivity index (χ0v) is 15.7. The smallest absolute Gasteiger partial charge is 0.290 e. The molecule has 1 atom stereocenters. The summed E-state index contributed by atoms with van der Waals surface area (Å²) in [4.78, 5) is 26.7. The van der Waals surface area contributed by atoms with Crippen LogP contribution in [-0.2, 0) is 13.1 Å². The SMILES string of the molecule is CCC(C)N(Cc1ccccc1)C(=O)c1ccc(Cn2ccccc2=O)o1. The van der Waals surface area contributed by atoms with E-state index in [1.54, 1.807) is 35.0 Å². The molecule has 5 heteroatoms. The van der Waals surface area contributed by atoms with E-state index in [1.807, 2.05) is 42.2 Å². The number of aromatic nitrogens is 1. The molecule has 0 aliphatic carbocycles. The first-order valence-corrected chi connectivity index (χ1v) is 9.17. The van der Waals surface area contributed by atoms with Crippen LogP contribution in [0.3, 0.4) is 0 Å². The van der Waals surface area contributed by atoms with E-state index in [0.29, 0.717) is 24.6 Å². The predicted octanol–water partition coefficient (Wildman–Crippen LogP) is 3.93. The van der Waals surface area contributed by atoms with Gasteiger partial charge < -0.3 is 13.9 Å². The summed E-state index contributed by atoms with van der Waals surface area (Å²) in [6, 6.07) is 18.4. The molecule has 3 aromatic rings. The van der Waals surface area contributed by atoms with Gasteiger partial charge in [0.1, 0.15) is 5.76 Å². The summed E-state index contributed by atoms with van der Waals surface area (Å²) in [5, 5.41) is 0. The predicted molar refractivity (Wildman–Crippen MR) is 105 cm³/mol. The molecular formula is C22H24N2O3. The van der Waals surface area contributed by atoms with E-state index in [9.17, 15) is 9.59 Å². The van der Waals surface area contributed by atoms with E-state index in [1.165, 1.54) is 6.07 Å². The summed E-state index contributed by atoms with van der Waals surface area (Å²) >= 11 is 0. The fourth-order valence-electron chi connectivity index (χ4n) is 2.91. The van der Waals surface area contributed by atoms with Gasteiger partial charge in [-0.25, -0.2) is 0 Å². The standard InChI is InChI=1S/C22H24N2O3/c1-3-17(2)24(15-18-9-5-4-6-10-18)22(26)20-13-12-19(27-20)16-23-14-8-7-11-21(23)25/h4-14,17H,3,15-16H2,1-2H3. The van der Waals surface area contributed by atoms with Gasteiger partial charge in [0.05, 0.1) is 6.54 Å². The molecule has 0 N–H and O–H groups in total. The van der Waals surface area contributed by atoms with Crippen molar-refractivity contribution in [3.8, 4) is 0 Å². The van der Waals surface area contributed by atoms with Gasteiger partial charge in [-0.05, 0) is 37.1 Å². The third-order valence-corrected chi connectivity index (χ3v) is 4.68. The lowest BCUT2D eigenvalue weighted by Crippen LogP contribution is -2.37. The van der Waals surface area contributed by atoms with E-state index in [4.69, 9.17) is 4.42 Å². The number of rotatable bonds is 7. The summed E-state index contributed by atoms with van der Waals surface area (Å²) in [5.74, 6) is 0.737. The van der Waals surface area contributed by atoms with Crippen LogP contribution in [0.1, 0.15) is 42.1 Å². The first kappa shape index (κ1) is 18.7. The van der Waals surface area contributed by atoms with Crippen LogP contribution in [-0.4, -0.2) is 21.4 Å². The van der Waals surface area contributed by atoms with Crippen molar-refractivity contribution in [3.05, 3.63) is 94.3 Å². The number of benzene rings is 1. The second-order valence-corrected chi connectivity index (χ2v) is 6.61. The number of amides is 1. The maximum absolute atomic E-state index is 13.0. The molecule has 0 aliphatic rings. The van der Waals surface area contributed by atoms with Gasteiger partial charge in [0, 0.05) is 24.8 Å². The molecule has 1 unspecified atom stereocenters. The molecule has 2 heterocycles. The molecule has 0 saturated heterocycles. The van der Waals surface area contributed by atoms with Crippen molar-refractivity contribution >= 4 is 5.91 Å². The average molecular weight is 364 g/mol. The lowest BCUT2D eigenvalue weighted by atomic mass is 10.1. The molecule has 5 nitrogen and oxygen atoms in total. The molecule has 0 radical (unpaired) electrons. The maximum Gasteiger partial charge on any atom is 0.290 e. The zero-order chi connectivity index (χ0) is 19.2. The Balaban J connectivity index is 1.79. The summed E-state index contributed by atoms with van der Waals surface area (Å²) in [6.07, 6.45) is 2.55. The van der Waals surface area contributed by atoms with Crippen molar-refractivity contribution in [3.63, 3.8) is 0 Å². The molecule has 1 aromatic carbocycles. The monoisotopic (exact) mass is 364 g/mol. The van der Waals surface area contributed by atoms with Gasteiger partial charge in [0.15, 0.2) is 5.76 Å². The maximum atomic E-state index is 13.0. The minimum absolute atomic E-state index is 0.0861. The fraction of sp³-hybridized carbons (Fsp3) is 0.273. The van der Waals surface area contributed by atoms with Crippen molar-refractivity contribution in [2.24, 2.45) is 0 Å². The van der Waals surface area contributed by atoms with Crippen LogP contribution in [0.15, 0.2) is 76.1 Å². The van der Waals surface area contributed by atoms with Crippen molar-refractivity contribution in [2.75, 3.05) is 0 Å². The van der Waals surface area contributed by atoms with Gasteiger partial charge >= 0.3 is 0 Å². The van der Waals surface area contributed by atoms with Crippen molar-refractivity contribution < 1.29 is 9.21 Å². The number of carbonyl (C=O) groups is 1. The topological polar surface area (TPSA) is 55.5 Å². The van der Waals surface area contributed by atoms with E-state index >= 15 is 0 Å². The first-order valence-electron chi connectivity index (χ1n) is 9.17. The van der Waals surface area contributed by atoms with E-state index < -0.39 is 0 Å². The van der Waals surface area contributed by atoms with Gasteiger partial charge in [-0.3, -0.25) is 9.59 Å². The van der Waals surface area contributed by atoms with E-state index in [2.05, 4.69) is 6.92 Å². The third kappa shape index (κ3) is 4.56. The lowest BCUT2D eigenvalue weighted by Gasteiger charge is -2.28. The van der Waals surface area contributed by atoms with Gasteiger partial charge in [0.2, 0.25) is 0 Å². The molecular weight excluding hydrogens is 340 g/mol. The minimum atomic E-state index is -0.139. The zero-order valence-electron chi connectivity index (χ0n) is 15.7. The number of pyridine rings is 1. The Bertz CT molecular complexity index is 943. The minimum Gasteiger partial charge on any atom is -0.454 e. The molecule has 140 valence electrons. The Morgan fingerprint density at radius 2 is 1.81 bits per heavy atom. The van der Waals surface area contributed by atoms with Crippen molar-refractivity contribution in [2.45, 2.75) is 39.4 Å². The number of carbonyl (C=O) groups excluding carboxylic acids is 1. The Hall–Kier alpha value is -3.08. The number of furan rings is 1. The van der Waals surface area contributed by atoms with Crippen LogP contribution in [0.25, 0.3) is 0 Å². The molecule has 0 bridgehead atoms. The van der Waals surface area contributed by atoms with Crippen LogP contribution in [0.4, 0.5) is 0 Å². The third-order valence-electron chi connectivity index (χ3n) is 4.68. The molecule has 3 rings (SSSR count). The van der Waals surface area contributed by atoms with E-state index in [0.717, 1.165) is 12.0 Å².